The van der Waals surface area contributed by atoms with Gasteiger partial charge >= 0.3 is 0 Å². The SMILES string of the molecule is CCCCC1CCC(C(=O)Nc2nnc(S[C@@H](C)CC)s2)CC1. The molecule has 1 aromatic heterocycles. The molecule has 23 heavy (non-hydrogen) atoms. The smallest absolute Gasteiger partial charge is 0.229 e. The van der Waals surface area contributed by atoms with Gasteiger partial charge in [0.05, 0.1) is 0 Å². The van der Waals surface area contributed by atoms with Crippen molar-refractivity contribution in [1.29, 1.82) is 0 Å². The van der Waals surface area contributed by atoms with Crippen molar-refractivity contribution in [3.05, 3.63) is 0 Å². The molecule has 1 N–H and O–H groups in total. The number of hydrogen-bond donors (Lipinski definition) is 1. The second kappa shape index (κ2) is 9.62. The van der Waals surface area contributed by atoms with Crippen LogP contribution in [0.25, 0.3) is 0 Å². The number of anilines is 1. The number of hydrogen-bond acceptors (Lipinski definition) is 5. The summed E-state index contributed by atoms with van der Waals surface area (Å²) in [7, 11) is 0. The monoisotopic (exact) mass is 355 g/mol. The average molecular weight is 356 g/mol. The molecule has 2 rings (SSSR count). The van der Waals surface area contributed by atoms with E-state index in [1.54, 1.807) is 11.8 Å². The summed E-state index contributed by atoms with van der Waals surface area (Å²) in [5, 5.41) is 12.4. The number of amides is 1. The third-order valence-electron chi connectivity index (χ3n) is 4.70. The minimum atomic E-state index is 0.134. The fourth-order valence-corrected chi connectivity index (χ4v) is 4.98. The van der Waals surface area contributed by atoms with Crippen LogP contribution in [0.4, 0.5) is 5.13 Å². The summed E-state index contributed by atoms with van der Waals surface area (Å²) in [6.45, 7) is 6.59. The van der Waals surface area contributed by atoms with E-state index >= 15 is 0 Å². The van der Waals surface area contributed by atoms with Gasteiger partial charge in [0.15, 0.2) is 4.34 Å². The van der Waals surface area contributed by atoms with Crippen molar-refractivity contribution >= 4 is 34.1 Å². The minimum absolute atomic E-state index is 0.134. The van der Waals surface area contributed by atoms with E-state index < -0.39 is 0 Å². The third-order valence-corrected chi connectivity index (χ3v) is 6.89. The number of rotatable bonds is 8. The fraction of sp³-hybridized carbons (Fsp3) is 0.824. The van der Waals surface area contributed by atoms with Crippen LogP contribution in [0.1, 0.15) is 72.1 Å². The van der Waals surface area contributed by atoms with Crippen LogP contribution in [0, 0.1) is 11.8 Å². The van der Waals surface area contributed by atoms with Crippen molar-refractivity contribution in [2.45, 2.75) is 81.7 Å². The molecule has 1 amide bonds. The Morgan fingerprint density at radius 3 is 2.70 bits per heavy atom. The lowest BCUT2D eigenvalue weighted by Crippen LogP contribution is -2.27. The minimum Gasteiger partial charge on any atom is -0.300 e. The van der Waals surface area contributed by atoms with Gasteiger partial charge in [0, 0.05) is 11.2 Å². The van der Waals surface area contributed by atoms with Crippen LogP contribution in [0.5, 0.6) is 0 Å². The van der Waals surface area contributed by atoms with Gasteiger partial charge in [-0.2, -0.15) is 0 Å². The molecule has 0 aromatic carbocycles. The standard InChI is InChI=1S/C17H29N3OS2/c1-4-6-7-13-8-10-14(11-9-13)15(21)18-16-19-20-17(23-16)22-12(3)5-2/h12-14H,4-11H2,1-3H3,(H,18,19,21)/t12-,13?,14?/m0/s1. The van der Waals surface area contributed by atoms with Gasteiger partial charge in [0.1, 0.15) is 0 Å². The summed E-state index contributed by atoms with van der Waals surface area (Å²) in [6.07, 6.45) is 9.47. The predicted octanol–water partition coefficient (Wildman–Crippen LogP) is 5.36. The summed E-state index contributed by atoms with van der Waals surface area (Å²) in [6, 6.07) is 0. The maximum absolute atomic E-state index is 12.4. The first kappa shape index (κ1) is 18.7. The highest BCUT2D eigenvalue weighted by Gasteiger charge is 2.26. The van der Waals surface area contributed by atoms with E-state index in [1.165, 1.54) is 43.4 Å². The molecule has 0 radical (unpaired) electrons. The largest absolute Gasteiger partial charge is 0.300 e. The predicted molar refractivity (Wildman–Crippen MR) is 99.1 cm³/mol. The summed E-state index contributed by atoms with van der Waals surface area (Å²) in [4.78, 5) is 12.4. The van der Waals surface area contributed by atoms with Gasteiger partial charge in [-0.1, -0.05) is 63.1 Å². The topological polar surface area (TPSA) is 54.9 Å². The van der Waals surface area contributed by atoms with Crippen molar-refractivity contribution in [1.82, 2.24) is 10.2 Å². The fourth-order valence-electron chi connectivity index (χ4n) is 2.98. The first-order valence-electron chi connectivity index (χ1n) is 8.93. The van der Waals surface area contributed by atoms with E-state index in [0.717, 1.165) is 29.5 Å². The van der Waals surface area contributed by atoms with Gasteiger partial charge in [0.2, 0.25) is 11.0 Å². The van der Waals surface area contributed by atoms with Crippen LogP contribution in [0.3, 0.4) is 0 Å². The number of carbonyl (C=O) groups is 1. The molecule has 4 nitrogen and oxygen atoms in total. The molecule has 1 aliphatic rings. The molecule has 0 spiro atoms. The zero-order chi connectivity index (χ0) is 16.7. The Morgan fingerprint density at radius 2 is 2.04 bits per heavy atom. The molecule has 0 unspecified atom stereocenters. The Labute approximate surface area is 148 Å². The lowest BCUT2D eigenvalue weighted by atomic mass is 9.79. The molecule has 1 aliphatic carbocycles. The molecule has 1 heterocycles. The summed E-state index contributed by atoms with van der Waals surface area (Å²) < 4.78 is 0.943. The maximum atomic E-state index is 12.4. The number of nitrogens with one attached hydrogen (secondary N) is 1. The average Bonchev–Trinajstić information content (AvgIpc) is 3.00. The molecular formula is C17H29N3OS2. The van der Waals surface area contributed by atoms with Crippen molar-refractivity contribution < 1.29 is 4.79 Å². The lowest BCUT2D eigenvalue weighted by Gasteiger charge is -2.27. The van der Waals surface area contributed by atoms with E-state index in [2.05, 4.69) is 36.3 Å². The molecule has 1 saturated carbocycles. The highest BCUT2D eigenvalue weighted by Crippen LogP contribution is 2.34. The highest BCUT2D eigenvalue weighted by molar-refractivity contribution is 8.01. The van der Waals surface area contributed by atoms with E-state index in [0.29, 0.717) is 10.4 Å². The quantitative estimate of drug-likeness (QED) is 0.503. The van der Waals surface area contributed by atoms with Crippen molar-refractivity contribution in [2.75, 3.05) is 5.32 Å². The number of unbranched alkanes of at least 4 members (excludes halogenated alkanes) is 1. The molecular weight excluding hydrogens is 326 g/mol. The number of nitrogens with zero attached hydrogens (tertiary/aromatic N) is 2. The maximum Gasteiger partial charge on any atom is 0.229 e. The molecule has 0 saturated heterocycles. The third kappa shape index (κ3) is 6.07. The van der Waals surface area contributed by atoms with Crippen LogP contribution in [0.2, 0.25) is 0 Å². The van der Waals surface area contributed by atoms with Crippen LogP contribution >= 0.6 is 23.1 Å². The zero-order valence-electron chi connectivity index (χ0n) is 14.5. The second-order valence-electron chi connectivity index (χ2n) is 6.56. The van der Waals surface area contributed by atoms with Crippen LogP contribution in [0.15, 0.2) is 4.34 Å². The van der Waals surface area contributed by atoms with Gasteiger partial charge < -0.3 is 5.32 Å². The Morgan fingerprint density at radius 1 is 1.30 bits per heavy atom. The van der Waals surface area contributed by atoms with E-state index in [1.807, 2.05) is 0 Å². The van der Waals surface area contributed by atoms with Gasteiger partial charge in [-0.25, -0.2) is 0 Å². The van der Waals surface area contributed by atoms with Gasteiger partial charge in [-0.3, -0.25) is 4.79 Å². The highest BCUT2D eigenvalue weighted by atomic mass is 32.2. The van der Waals surface area contributed by atoms with Crippen molar-refractivity contribution in [2.24, 2.45) is 11.8 Å². The van der Waals surface area contributed by atoms with Crippen molar-refractivity contribution in [3.63, 3.8) is 0 Å². The Bertz CT molecular complexity index is 484. The van der Waals surface area contributed by atoms with Gasteiger partial charge in [0.25, 0.3) is 0 Å². The second-order valence-corrected chi connectivity index (χ2v) is 9.22. The first-order valence-corrected chi connectivity index (χ1v) is 10.6. The molecule has 1 atom stereocenters. The first-order chi connectivity index (χ1) is 11.1. The molecule has 6 heteroatoms. The molecule has 0 aliphatic heterocycles. The van der Waals surface area contributed by atoms with Crippen LogP contribution < -0.4 is 5.32 Å². The van der Waals surface area contributed by atoms with Gasteiger partial charge in [-0.05, 0) is 38.0 Å². The Hall–Kier alpha value is -0.620. The Balaban J connectivity index is 1.77. The molecule has 1 fully saturated rings. The number of thioether (sulfide) groups is 1. The van der Waals surface area contributed by atoms with E-state index in [9.17, 15) is 4.79 Å². The van der Waals surface area contributed by atoms with Crippen LogP contribution in [-0.2, 0) is 4.79 Å². The normalized spacial score (nSPS) is 22.7. The number of aromatic nitrogens is 2. The summed E-state index contributed by atoms with van der Waals surface area (Å²) >= 11 is 3.22. The number of carbonyl (C=O) groups excluding carboxylic acids is 1. The zero-order valence-corrected chi connectivity index (χ0v) is 16.1. The molecule has 0 bridgehead atoms. The molecule has 130 valence electrons. The van der Waals surface area contributed by atoms with Crippen LogP contribution in [-0.4, -0.2) is 21.4 Å². The van der Waals surface area contributed by atoms with Gasteiger partial charge in [-0.15, -0.1) is 10.2 Å². The molecule has 1 aromatic rings. The summed E-state index contributed by atoms with van der Waals surface area (Å²) in [5.41, 5.74) is 0. The summed E-state index contributed by atoms with van der Waals surface area (Å²) in [5.74, 6) is 1.12. The van der Waals surface area contributed by atoms with Crippen molar-refractivity contribution in [3.8, 4) is 0 Å². The lowest BCUT2D eigenvalue weighted by molar-refractivity contribution is -0.121. The Kier molecular flexibility index (Phi) is 7.83. The van der Waals surface area contributed by atoms with E-state index in [4.69, 9.17) is 0 Å². The van der Waals surface area contributed by atoms with E-state index in [-0.39, 0.29) is 11.8 Å².